The Balaban J connectivity index is 2.28. The van der Waals surface area contributed by atoms with Crippen LogP contribution >= 0.6 is 0 Å². The summed E-state index contributed by atoms with van der Waals surface area (Å²) in [6, 6.07) is 10.0. The Morgan fingerprint density at radius 1 is 1.12 bits per heavy atom. The van der Waals surface area contributed by atoms with E-state index < -0.39 is 0 Å². The van der Waals surface area contributed by atoms with Crippen molar-refractivity contribution in [2.75, 3.05) is 14.1 Å². The molecule has 1 N–H and O–H groups in total. The predicted octanol–water partition coefficient (Wildman–Crippen LogP) is 2.59. The highest BCUT2D eigenvalue weighted by Crippen LogP contribution is 2.43. The van der Waals surface area contributed by atoms with Crippen LogP contribution in [0.2, 0.25) is 0 Å². The Labute approximate surface area is 97.9 Å². The maximum atomic E-state index is 10.6. The Morgan fingerprint density at radius 2 is 1.69 bits per heavy atom. The molecule has 1 atom stereocenters. The van der Waals surface area contributed by atoms with Crippen LogP contribution in [0.5, 0.6) is 0 Å². The van der Waals surface area contributed by atoms with Gasteiger partial charge >= 0.3 is 0 Å². The summed E-state index contributed by atoms with van der Waals surface area (Å²) in [7, 11) is 4.16. The zero-order chi connectivity index (χ0) is 11.6. The molecule has 1 fully saturated rings. The van der Waals surface area contributed by atoms with Gasteiger partial charge in [0.15, 0.2) is 0 Å². The van der Waals surface area contributed by atoms with Crippen molar-refractivity contribution in [3.8, 4) is 0 Å². The number of rotatable bonds is 3. The molecule has 0 radical (unpaired) electrons. The van der Waals surface area contributed by atoms with E-state index >= 15 is 0 Å². The van der Waals surface area contributed by atoms with Gasteiger partial charge in [0.25, 0.3) is 0 Å². The normalized spacial score (nSPS) is 21.2. The van der Waals surface area contributed by atoms with Crippen molar-refractivity contribution in [2.45, 2.75) is 37.3 Å². The average Bonchev–Trinajstić information content (AvgIpc) is 2.79. The van der Waals surface area contributed by atoms with Crippen molar-refractivity contribution in [3.63, 3.8) is 0 Å². The van der Waals surface area contributed by atoms with E-state index in [0.717, 1.165) is 18.4 Å². The number of hydrogen-bond acceptors (Lipinski definition) is 2. The Kier molecular flexibility index (Phi) is 3.31. The molecular weight excluding hydrogens is 198 g/mol. The molecule has 1 saturated carbocycles. The summed E-state index contributed by atoms with van der Waals surface area (Å²) < 4.78 is 0. The zero-order valence-electron chi connectivity index (χ0n) is 10.2. The van der Waals surface area contributed by atoms with Gasteiger partial charge in [0.2, 0.25) is 0 Å². The fraction of sp³-hybridized carbons (Fsp3) is 0.571. The molecule has 1 aliphatic rings. The highest BCUT2D eigenvalue weighted by atomic mass is 16.3. The Hall–Kier alpha value is -0.860. The molecule has 0 aliphatic heterocycles. The van der Waals surface area contributed by atoms with E-state index in [-0.39, 0.29) is 11.6 Å². The largest absolute Gasteiger partial charge is 0.386 e. The number of aliphatic hydroxyl groups excluding tert-OH is 1. The molecule has 2 nitrogen and oxygen atoms in total. The summed E-state index contributed by atoms with van der Waals surface area (Å²) in [5, 5.41) is 10.6. The van der Waals surface area contributed by atoms with Gasteiger partial charge < -0.3 is 10.0 Å². The molecule has 0 aromatic heterocycles. The molecule has 1 aliphatic carbocycles. The maximum Gasteiger partial charge on any atom is 0.0973 e. The van der Waals surface area contributed by atoms with Crippen molar-refractivity contribution < 1.29 is 5.11 Å². The fourth-order valence-electron chi connectivity index (χ4n) is 2.90. The smallest absolute Gasteiger partial charge is 0.0973 e. The minimum atomic E-state index is -0.369. The zero-order valence-corrected chi connectivity index (χ0v) is 10.2. The second-order valence-electron chi connectivity index (χ2n) is 5.02. The van der Waals surface area contributed by atoms with Crippen molar-refractivity contribution in [2.24, 2.45) is 0 Å². The van der Waals surface area contributed by atoms with Gasteiger partial charge in [-0.15, -0.1) is 0 Å². The van der Waals surface area contributed by atoms with Crippen molar-refractivity contribution >= 4 is 0 Å². The van der Waals surface area contributed by atoms with E-state index in [4.69, 9.17) is 0 Å². The van der Waals surface area contributed by atoms with E-state index in [1.807, 2.05) is 30.3 Å². The second kappa shape index (κ2) is 4.56. The first-order chi connectivity index (χ1) is 7.67. The van der Waals surface area contributed by atoms with Crippen molar-refractivity contribution in [1.82, 2.24) is 4.90 Å². The van der Waals surface area contributed by atoms with Crippen LogP contribution in [-0.4, -0.2) is 29.6 Å². The van der Waals surface area contributed by atoms with Gasteiger partial charge in [-0.2, -0.15) is 0 Å². The number of likely N-dealkylation sites (N-methyl/N-ethyl adjacent to an activating group) is 1. The lowest BCUT2D eigenvalue weighted by molar-refractivity contribution is -0.00474. The van der Waals surface area contributed by atoms with Gasteiger partial charge in [-0.25, -0.2) is 0 Å². The third-order valence-electron chi connectivity index (χ3n) is 3.98. The van der Waals surface area contributed by atoms with Gasteiger partial charge in [0.05, 0.1) is 11.6 Å². The summed E-state index contributed by atoms with van der Waals surface area (Å²) in [6.07, 6.45) is 4.27. The number of aliphatic hydroxyl groups is 1. The van der Waals surface area contributed by atoms with Crippen LogP contribution in [0, 0.1) is 0 Å². The topological polar surface area (TPSA) is 23.5 Å². The average molecular weight is 219 g/mol. The summed E-state index contributed by atoms with van der Waals surface area (Å²) >= 11 is 0. The standard InChI is InChI=1S/C14H21NO/c1-15(2)14(10-6-7-11-14)13(16)12-8-4-3-5-9-12/h3-5,8-9,13,16H,6-7,10-11H2,1-2H3/t13-/m0/s1. The second-order valence-corrected chi connectivity index (χ2v) is 5.02. The van der Waals surface area contributed by atoms with Crippen LogP contribution in [0.4, 0.5) is 0 Å². The van der Waals surface area contributed by atoms with E-state index in [2.05, 4.69) is 19.0 Å². The molecule has 0 bridgehead atoms. The molecule has 0 saturated heterocycles. The molecule has 2 rings (SSSR count). The summed E-state index contributed by atoms with van der Waals surface area (Å²) in [5.74, 6) is 0. The molecule has 1 aromatic rings. The highest BCUT2D eigenvalue weighted by molar-refractivity contribution is 5.22. The fourth-order valence-corrected chi connectivity index (χ4v) is 2.90. The lowest BCUT2D eigenvalue weighted by Gasteiger charge is -2.40. The lowest BCUT2D eigenvalue weighted by atomic mass is 9.85. The van der Waals surface area contributed by atoms with Crippen LogP contribution in [0.25, 0.3) is 0 Å². The van der Waals surface area contributed by atoms with Crippen molar-refractivity contribution in [1.29, 1.82) is 0 Å². The van der Waals surface area contributed by atoms with E-state index in [9.17, 15) is 5.11 Å². The molecule has 0 unspecified atom stereocenters. The summed E-state index contributed by atoms with van der Waals surface area (Å²) in [5.41, 5.74) is 0.986. The van der Waals surface area contributed by atoms with Gasteiger partial charge in [-0.1, -0.05) is 43.2 Å². The molecule has 0 heterocycles. The SMILES string of the molecule is CN(C)C1([C@@H](O)c2ccccc2)CCCC1. The summed E-state index contributed by atoms with van der Waals surface area (Å²) in [6.45, 7) is 0. The third-order valence-corrected chi connectivity index (χ3v) is 3.98. The van der Waals surface area contributed by atoms with Crippen LogP contribution in [0.3, 0.4) is 0 Å². The minimum Gasteiger partial charge on any atom is -0.386 e. The monoisotopic (exact) mass is 219 g/mol. The molecule has 0 amide bonds. The van der Waals surface area contributed by atoms with Gasteiger partial charge in [-0.3, -0.25) is 0 Å². The number of nitrogens with zero attached hydrogens (tertiary/aromatic N) is 1. The van der Waals surface area contributed by atoms with E-state index in [1.54, 1.807) is 0 Å². The van der Waals surface area contributed by atoms with Gasteiger partial charge in [0.1, 0.15) is 0 Å². The van der Waals surface area contributed by atoms with Crippen LogP contribution in [0.15, 0.2) is 30.3 Å². The predicted molar refractivity (Wildman–Crippen MR) is 66.3 cm³/mol. The Bertz CT molecular complexity index is 328. The van der Waals surface area contributed by atoms with Crippen LogP contribution < -0.4 is 0 Å². The Morgan fingerprint density at radius 3 is 2.19 bits per heavy atom. The number of benzene rings is 1. The van der Waals surface area contributed by atoms with Crippen LogP contribution in [-0.2, 0) is 0 Å². The maximum absolute atomic E-state index is 10.6. The third kappa shape index (κ3) is 1.87. The van der Waals surface area contributed by atoms with Crippen molar-refractivity contribution in [3.05, 3.63) is 35.9 Å². The first kappa shape index (κ1) is 11.6. The van der Waals surface area contributed by atoms with E-state index in [1.165, 1.54) is 12.8 Å². The molecule has 2 heteroatoms. The van der Waals surface area contributed by atoms with E-state index in [0.29, 0.717) is 0 Å². The molecule has 16 heavy (non-hydrogen) atoms. The van der Waals surface area contributed by atoms with Crippen LogP contribution in [0.1, 0.15) is 37.4 Å². The lowest BCUT2D eigenvalue weighted by Crippen LogP contribution is -2.46. The minimum absolute atomic E-state index is 0.0542. The van der Waals surface area contributed by atoms with Gasteiger partial charge in [-0.05, 0) is 32.5 Å². The first-order valence-electron chi connectivity index (χ1n) is 6.07. The number of hydrogen-bond donors (Lipinski definition) is 1. The first-order valence-corrected chi connectivity index (χ1v) is 6.07. The quantitative estimate of drug-likeness (QED) is 0.844. The molecule has 88 valence electrons. The highest BCUT2D eigenvalue weighted by Gasteiger charge is 2.42. The molecule has 0 spiro atoms. The molecular formula is C14H21NO. The van der Waals surface area contributed by atoms with Gasteiger partial charge in [0, 0.05) is 0 Å². The summed E-state index contributed by atoms with van der Waals surface area (Å²) in [4.78, 5) is 2.21. The molecule has 1 aromatic carbocycles.